The molecule has 0 aliphatic rings. The van der Waals surface area contributed by atoms with Crippen molar-refractivity contribution in [2.45, 2.75) is 25.5 Å². The lowest BCUT2D eigenvalue weighted by molar-refractivity contribution is -0.142. The van der Waals surface area contributed by atoms with E-state index in [1.54, 1.807) is 0 Å². The van der Waals surface area contributed by atoms with E-state index in [2.05, 4.69) is 0 Å². The van der Waals surface area contributed by atoms with E-state index in [-0.39, 0.29) is 6.61 Å². The predicted octanol–water partition coefficient (Wildman–Crippen LogP) is 1.45. The number of nitrogens with two attached hydrogens (primary N) is 1. The third kappa shape index (κ3) is 4.89. The molecular formula is C14H20N2O4. The summed E-state index contributed by atoms with van der Waals surface area (Å²) in [7, 11) is 1.42. The molecule has 110 valence electrons. The Morgan fingerprint density at radius 2 is 2.00 bits per heavy atom. The van der Waals surface area contributed by atoms with Crippen molar-refractivity contribution in [2.24, 2.45) is 5.73 Å². The Bertz CT molecular complexity index is 436. The number of benzene rings is 1. The van der Waals surface area contributed by atoms with Crippen LogP contribution in [0.5, 0.6) is 0 Å². The van der Waals surface area contributed by atoms with Gasteiger partial charge in [-0.1, -0.05) is 30.3 Å². The van der Waals surface area contributed by atoms with E-state index in [4.69, 9.17) is 15.6 Å². The van der Waals surface area contributed by atoms with Gasteiger partial charge in [-0.3, -0.25) is 4.90 Å². The summed E-state index contributed by atoms with van der Waals surface area (Å²) >= 11 is 0. The lowest BCUT2D eigenvalue weighted by Crippen LogP contribution is -2.42. The number of nitrogens with zero attached hydrogens (tertiary/aromatic N) is 1. The number of carbonyl (C=O) groups excluding carboxylic acids is 1. The van der Waals surface area contributed by atoms with Crippen molar-refractivity contribution >= 4 is 12.1 Å². The van der Waals surface area contributed by atoms with Gasteiger partial charge in [0.1, 0.15) is 12.6 Å². The summed E-state index contributed by atoms with van der Waals surface area (Å²) in [5.74, 6) is -1.06. The number of rotatable bonds is 7. The highest BCUT2D eigenvalue weighted by Gasteiger charge is 2.26. The van der Waals surface area contributed by atoms with Crippen LogP contribution in [-0.4, -0.2) is 41.7 Å². The molecule has 0 aliphatic carbocycles. The molecule has 1 aromatic carbocycles. The minimum absolute atomic E-state index is 0.118. The molecule has 0 bridgehead atoms. The lowest BCUT2D eigenvalue weighted by Gasteiger charge is -2.24. The molecular weight excluding hydrogens is 260 g/mol. The van der Waals surface area contributed by atoms with Crippen molar-refractivity contribution in [1.82, 2.24) is 4.90 Å². The fourth-order valence-corrected chi connectivity index (χ4v) is 1.74. The van der Waals surface area contributed by atoms with Gasteiger partial charge in [-0.25, -0.2) is 9.59 Å². The zero-order chi connectivity index (χ0) is 15.0. The highest BCUT2D eigenvalue weighted by atomic mass is 16.6. The molecule has 1 rings (SSSR count). The minimum Gasteiger partial charge on any atom is -0.480 e. The molecule has 0 fully saturated rings. The first-order valence-corrected chi connectivity index (χ1v) is 6.42. The summed E-state index contributed by atoms with van der Waals surface area (Å²) in [6.45, 7) is 0.504. The third-order valence-corrected chi connectivity index (χ3v) is 2.93. The molecule has 1 aromatic rings. The van der Waals surface area contributed by atoms with E-state index >= 15 is 0 Å². The Kier molecular flexibility index (Phi) is 6.52. The summed E-state index contributed by atoms with van der Waals surface area (Å²) in [5, 5.41) is 9.11. The average molecular weight is 280 g/mol. The first-order chi connectivity index (χ1) is 9.56. The Labute approximate surface area is 118 Å². The topological polar surface area (TPSA) is 92.9 Å². The second-order valence-corrected chi connectivity index (χ2v) is 4.44. The van der Waals surface area contributed by atoms with Gasteiger partial charge >= 0.3 is 12.1 Å². The van der Waals surface area contributed by atoms with E-state index in [9.17, 15) is 9.59 Å². The zero-order valence-corrected chi connectivity index (χ0v) is 11.5. The number of carbonyl (C=O) groups is 2. The second-order valence-electron chi connectivity index (χ2n) is 4.44. The summed E-state index contributed by atoms with van der Waals surface area (Å²) in [4.78, 5) is 24.1. The summed E-state index contributed by atoms with van der Waals surface area (Å²) in [6, 6.07) is 8.29. The van der Waals surface area contributed by atoms with Crippen LogP contribution in [0.4, 0.5) is 4.79 Å². The highest BCUT2D eigenvalue weighted by molar-refractivity contribution is 5.79. The van der Waals surface area contributed by atoms with Crippen LogP contribution in [0, 0.1) is 0 Å². The highest BCUT2D eigenvalue weighted by Crippen LogP contribution is 2.09. The summed E-state index contributed by atoms with van der Waals surface area (Å²) in [5.41, 5.74) is 6.21. The first kappa shape index (κ1) is 16.0. The fraction of sp³-hybridized carbons (Fsp3) is 0.429. The monoisotopic (exact) mass is 280 g/mol. The molecule has 0 saturated heterocycles. The van der Waals surface area contributed by atoms with Crippen LogP contribution >= 0.6 is 0 Å². The van der Waals surface area contributed by atoms with Gasteiger partial charge in [0.25, 0.3) is 0 Å². The zero-order valence-electron chi connectivity index (χ0n) is 11.5. The van der Waals surface area contributed by atoms with Gasteiger partial charge < -0.3 is 15.6 Å². The molecule has 1 unspecified atom stereocenters. The van der Waals surface area contributed by atoms with Gasteiger partial charge in [0.05, 0.1) is 0 Å². The Balaban J connectivity index is 2.53. The lowest BCUT2D eigenvalue weighted by atomic mass is 10.1. The first-order valence-electron chi connectivity index (χ1n) is 6.42. The Morgan fingerprint density at radius 3 is 2.55 bits per heavy atom. The Morgan fingerprint density at radius 1 is 1.35 bits per heavy atom. The van der Waals surface area contributed by atoms with E-state index in [0.717, 1.165) is 10.5 Å². The molecule has 0 heterocycles. The van der Waals surface area contributed by atoms with Gasteiger partial charge in [-0.2, -0.15) is 0 Å². The van der Waals surface area contributed by atoms with Crippen LogP contribution in [0.1, 0.15) is 18.4 Å². The molecule has 1 amide bonds. The number of hydrogen-bond donors (Lipinski definition) is 2. The maximum atomic E-state index is 11.8. The van der Waals surface area contributed by atoms with E-state index in [1.165, 1.54) is 7.05 Å². The largest absolute Gasteiger partial charge is 0.480 e. The summed E-state index contributed by atoms with van der Waals surface area (Å²) < 4.78 is 5.09. The molecule has 1 atom stereocenters. The number of carboxylic acids is 1. The number of ether oxygens (including phenoxy) is 1. The van der Waals surface area contributed by atoms with Crippen molar-refractivity contribution in [3.8, 4) is 0 Å². The molecule has 6 heteroatoms. The third-order valence-electron chi connectivity index (χ3n) is 2.93. The van der Waals surface area contributed by atoms with Crippen molar-refractivity contribution in [3.05, 3.63) is 35.9 Å². The molecule has 0 aliphatic heterocycles. The molecule has 3 N–H and O–H groups in total. The van der Waals surface area contributed by atoms with E-state index in [1.807, 2.05) is 30.3 Å². The number of carboxylic acid groups (broad SMARTS) is 1. The molecule has 0 radical (unpaired) electrons. The fourth-order valence-electron chi connectivity index (χ4n) is 1.74. The maximum absolute atomic E-state index is 11.8. The smallest absolute Gasteiger partial charge is 0.410 e. The maximum Gasteiger partial charge on any atom is 0.410 e. The van der Waals surface area contributed by atoms with Crippen LogP contribution < -0.4 is 5.73 Å². The van der Waals surface area contributed by atoms with Crippen LogP contribution in [0.2, 0.25) is 0 Å². The number of amides is 1. The summed E-state index contributed by atoms with van der Waals surface area (Å²) in [6.07, 6.45) is 0.189. The molecule has 6 nitrogen and oxygen atoms in total. The van der Waals surface area contributed by atoms with E-state index in [0.29, 0.717) is 19.4 Å². The molecule has 0 saturated carbocycles. The van der Waals surface area contributed by atoms with Crippen LogP contribution in [-0.2, 0) is 16.1 Å². The predicted molar refractivity (Wildman–Crippen MR) is 74.1 cm³/mol. The number of likely N-dealkylation sites (N-methyl/N-ethyl adjacent to an activating group) is 1. The van der Waals surface area contributed by atoms with Gasteiger partial charge in [-0.05, 0) is 24.9 Å². The normalized spacial score (nSPS) is 11.7. The van der Waals surface area contributed by atoms with Crippen molar-refractivity contribution in [2.75, 3.05) is 13.6 Å². The minimum atomic E-state index is -1.06. The Hall–Kier alpha value is -2.08. The number of hydrogen-bond acceptors (Lipinski definition) is 4. The van der Waals surface area contributed by atoms with Gasteiger partial charge in [0.2, 0.25) is 0 Å². The van der Waals surface area contributed by atoms with Gasteiger partial charge in [-0.15, -0.1) is 0 Å². The van der Waals surface area contributed by atoms with Gasteiger partial charge in [0.15, 0.2) is 0 Å². The van der Waals surface area contributed by atoms with Crippen molar-refractivity contribution in [1.29, 1.82) is 0 Å². The molecule has 20 heavy (non-hydrogen) atoms. The van der Waals surface area contributed by atoms with Crippen molar-refractivity contribution in [3.63, 3.8) is 0 Å². The molecule has 0 spiro atoms. The van der Waals surface area contributed by atoms with Crippen molar-refractivity contribution < 1.29 is 19.4 Å². The van der Waals surface area contributed by atoms with Crippen LogP contribution in [0.25, 0.3) is 0 Å². The number of aliphatic carboxylic acids is 1. The van der Waals surface area contributed by atoms with E-state index < -0.39 is 18.1 Å². The average Bonchev–Trinajstić information content (AvgIpc) is 2.45. The standard InChI is InChI=1S/C14H20N2O4/c1-16(12(13(17)18)8-5-9-15)14(19)20-10-11-6-3-2-4-7-11/h2-4,6-7,12H,5,8-10,15H2,1H3,(H,17,18). The quantitative estimate of drug-likeness (QED) is 0.788. The molecule has 0 aromatic heterocycles. The second kappa shape index (κ2) is 8.16. The van der Waals surface area contributed by atoms with Crippen LogP contribution in [0.15, 0.2) is 30.3 Å². The SMILES string of the molecule is CN(C(=O)OCc1ccccc1)C(CCCN)C(=O)O. The van der Waals surface area contributed by atoms with Gasteiger partial charge in [0, 0.05) is 7.05 Å². The van der Waals surface area contributed by atoms with Crippen LogP contribution in [0.3, 0.4) is 0 Å².